The molecule has 0 saturated heterocycles. The predicted octanol–water partition coefficient (Wildman–Crippen LogP) is 7.54. The third-order valence-electron chi connectivity index (χ3n) is 6.00. The minimum Gasteiger partial charge on any atom is -0.467 e. The Morgan fingerprint density at radius 3 is 2.27 bits per heavy atom. The van der Waals surface area contributed by atoms with Crippen LogP contribution in [0.25, 0.3) is 0 Å². The van der Waals surface area contributed by atoms with Gasteiger partial charge in [0.25, 0.3) is 0 Å². The second kappa shape index (κ2) is 11.0. The first-order valence-corrected chi connectivity index (χ1v) is 14.0. The Bertz CT molecular complexity index is 747. The van der Waals surface area contributed by atoms with Crippen molar-refractivity contribution in [2.75, 3.05) is 0 Å². The van der Waals surface area contributed by atoms with Crippen molar-refractivity contribution in [2.24, 2.45) is 0 Å². The molecule has 0 aliphatic heterocycles. The Balaban J connectivity index is 1.76. The number of esters is 1. The van der Waals surface area contributed by atoms with Gasteiger partial charge in [-0.25, -0.2) is 4.79 Å². The van der Waals surface area contributed by atoms with Crippen LogP contribution in [0.4, 0.5) is 0 Å². The van der Waals surface area contributed by atoms with Crippen LogP contribution in [-0.2, 0) is 9.16 Å². The van der Waals surface area contributed by atoms with Crippen LogP contribution in [0.3, 0.4) is 0 Å². The molecule has 0 N–H and O–H groups in total. The Kier molecular flexibility index (Phi) is 8.92. The summed E-state index contributed by atoms with van der Waals surface area (Å²) >= 11 is 0. The monoisotopic (exact) mass is 430 g/mol. The first kappa shape index (κ1) is 24.4. The topological polar surface area (TPSA) is 48.7 Å². The molecular formula is C25H38O4Si. The van der Waals surface area contributed by atoms with E-state index in [2.05, 4.69) is 33.9 Å². The molecule has 0 radical (unpaired) electrons. The van der Waals surface area contributed by atoms with Crippen LogP contribution in [-0.4, -0.2) is 20.4 Å². The highest BCUT2D eigenvalue weighted by atomic mass is 28.4. The largest absolute Gasteiger partial charge is 0.467 e. The number of hydrogen-bond acceptors (Lipinski definition) is 4. The van der Waals surface area contributed by atoms with E-state index in [9.17, 15) is 4.79 Å². The van der Waals surface area contributed by atoms with Gasteiger partial charge >= 0.3 is 5.97 Å². The van der Waals surface area contributed by atoms with Gasteiger partial charge in [-0.2, -0.15) is 0 Å². The highest BCUT2D eigenvalue weighted by molar-refractivity contribution is 6.74. The molecule has 4 nitrogen and oxygen atoms in total. The molecule has 2 rings (SSSR count). The second-order valence-corrected chi connectivity index (χ2v) is 14.4. The number of furan rings is 1. The van der Waals surface area contributed by atoms with Crippen LogP contribution in [0.5, 0.6) is 0 Å². The lowest BCUT2D eigenvalue weighted by atomic mass is 10.1. The molecule has 0 amide bonds. The summed E-state index contributed by atoms with van der Waals surface area (Å²) in [6.45, 7) is 13.3. The number of carbonyl (C=O) groups excluding carboxylic acids is 1. The molecular weight excluding hydrogens is 392 g/mol. The van der Waals surface area contributed by atoms with E-state index in [1.165, 1.54) is 0 Å². The van der Waals surface area contributed by atoms with Crippen molar-refractivity contribution in [3.63, 3.8) is 0 Å². The van der Waals surface area contributed by atoms with Gasteiger partial charge < -0.3 is 13.6 Å². The van der Waals surface area contributed by atoms with Crippen molar-refractivity contribution in [1.82, 2.24) is 0 Å². The molecule has 0 bridgehead atoms. The van der Waals surface area contributed by atoms with E-state index >= 15 is 0 Å². The summed E-state index contributed by atoms with van der Waals surface area (Å²) in [5.41, 5.74) is 0.605. The zero-order chi connectivity index (χ0) is 22.2. The summed E-state index contributed by atoms with van der Waals surface area (Å²) in [5.74, 6) is 0.675. The molecule has 0 fully saturated rings. The Hall–Kier alpha value is -1.85. The van der Waals surface area contributed by atoms with Crippen molar-refractivity contribution in [3.05, 3.63) is 60.1 Å². The summed E-state index contributed by atoms with van der Waals surface area (Å²) < 4.78 is 17.9. The number of benzene rings is 1. The summed E-state index contributed by atoms with van der Waals surface area (Å²) in [6.07, 6.45) is 6.61. The lowest BCUT2D eigenvalue weighted by Crippen LogP contribution is -2.41. The fourth-order valence-electron chi connectivity index (χ4n) is 3.09. The normalized spacial score (nSPS) is 14.3. The van der Waals surface area contributed by atoms with Gasteiger partial charge in [0.1, 0.15) is 11.9 Å². The van der Waals surface area contributed by atoms with Crippen LogP contribution < -0.4 is 0 Å². The van der Waals surface area contributed by atoms with Crippen LogP contribution in [0, 0.1) is 0 Å². The first-order valence-electron chi connectivity index (χ1n) is 11.1. The average Bonchev–Trinajstić information content (AvgIpc) is 3.21. The number of ether oxygens (including phenoxy) is 1. The lowest BCUT2D eigenvalue weighted by Gasteiger charge is -2.38. The van der Waals surface area contributed by atoms with E-state index in [0.717, 1.165) is 37.9 Å². The molecule has 0 spiro atoms. The molecule has 30 heavy (non-hydrogen) atoms. The quantitative estimate of drug-likeness (QED) is 0.210. The maximum absolute atomic E-state index is 12.1. The van der Waals surface area contributed by atoms with Gasteiger partial charge in [0.2, 0.25) is 0 Å². The van der Waals surface area contributed by atoms with Crippen LogP contribution >= 0.6 is 0 Å². The first-order chi connectivity index (χ1) is 14.1. The van der Waals surface area contributed by atoms with Crippen molar-refractivity contribution in [1.29, 1.82) is 0 Å². The van der Waals surface area contributed by atoms with E-state index in [1.54, 1.807) is 18.4 Å². The minimum atomic E-state index is -1.88. The van der Waals surface area contributed by atoms with Gasteiger partial charge in [-0.3, -0.25) is 0 Å². The summed E-state index contributed by atoms with van der Waals surface area (Å²) in [6, 6.07) is 13.1. The SMILES string of the molecule is C[C@@H](CCCCC[C@@H](O[Si](C)(C)C(C)(C)C)c1ccco1)OC(=O)c1ccccc1. The van der Waals surface area contributed by atoms with Crippen molar-refractivity contribution in [2.45, 2.75) is 90.1 Å². The highest BCUT2D eigenvalue weighted by Crippen LogP contribution is 2.41. The Morgan fingerprint density at radius 2 is 1.67 bits per heavy atom. The van der Waals surface area contributed by atoms with Gasteiger partial charge in [0.15, 0.2) is 8.32 Å². The van der Waals surface area contributed by atoms with Gasteiger partial charge in [-0.05, 0) is 68.6 Å². The van der Waals surface area contributed by atoms with Crippen LogP contribution in [0.15, 0.2) is 53.1 Å². The molecule has 1 aromatic heterocycles. The molecule has 0 saturated carbocycles. The zero-order valence-electron chi connectivity index (χ0n) is 19.4. The van der Waals surface area contributed by atoms with E-state index in [0.29, 0.717) is 5.56 Å². The molecule has 1 aromatic carbocycles. The van der Waals surface area contributed by atoms with E-state index in [-0.39, 0.29) is 23.2 Å². The fraction of sp³-hybridized carbons (Fsp3) is 0.560. The Labute approximate surface area is 183 Å². The summed E-state index contributed by atoms with van der Waals surface area (Å²) in [4.78, 5) is 12.1. The molecule has 0 unspecified atom stereocenters. The third-order valence-corrected chi connectivity index (χ3v) is 10.5. The molecule has 1 heterocycles. The Morgan fingerprint density at radius 1 is 1.00 bits per heavy atom. The van der Waals surface area contributed by atoms with E-state index in [1.807, 2.05) is 37.3 Å². The standard InChI is InChI=1S/C25H38O4Si/c1-20(28-24(26)21-15-10-8-11-16-21)14-9-7-12-17-23(22-18-13-19-27-22)29-30(5,6)25(2,3)4/h8,10-11,13,15-16,18-20,23H,7,9,12,14,17H2,1-6H3/t20-,23+/m0/s1. The zero-order valence-corrected chi connectivity index (χ0v) is 20.4. The number of hydrogen-bond donors (Lipinski definition) is 0. The van der Waals surface area contributed by atoms with Gasteiger partial charge in [0.05, 0.1) is 17.9 Å². The summed E-state index contributed by atoms with van der Waals surface area (Å²) in [7, 11) is -1.88. The van der Waals surface area contributed by atoms with Crippen molar-refractivity contribution in [3.8, 4) is 0 Å². The maximum Gasteiger partial charge on any atom is 0.338 e. The van der Waals surface area contributed by atoms with Gasteiger partial charge in [-0.1, -0.05) is 51.8 Å². The third kappa shape index (κ3) is 7.44. The molecule has 2 atom stereocenters. The molecule has 5 heteroatoms. The molecule has 0 aliphatic carbocycles. The van der Waals surface area contributed by atoms with Gasteiger partial charge in [-0.15, -0.1) is 0 Å². The van der Waals surface area contributed by atoms with Crippen molar-refractivity contribution >= 4 is 14.3 Å². The lowest BCUT2D eigenvalue weighted by molar-refractivity contribution is 0.0319. The van der Waals surface area contributed by atoms with Gasteiger partial charge in [0, 0.05) is 0 Å². The number of rotatable bonds is 11. The maximum atomic E-state index is 12.1. The molecule has 166 valence electrons. The molecule has 2 aromatic rings. The van der Waals surface area contributed by atoms with Crippen LogP contribution in [0.1, 0.15) is 82.0 Å². The van der Waals surface area contributed by atoms with Crippen molar-refractivity contribution < 1.29 is 18.4 Å². The van der Waals surface area contributed by atoms with Crippen LogP contribution in [0.2, 0.25) is 18.1 Å². The predicted molar refractivity (Wildman–Crippen MR) is 124 cm³/mol. The average molecular weight is 431 g/mol. The molecule has 0 aliphatic rings. The van der Waals surface area contributed by atoms with E-state index < -0.39 is 8.32 Å². The second-order valence-electron chi connectivity index (χ2n) is 9.60. The number of carbonyl (C=O) groups is 1. The summed E-state index contributed by atoms with van der Waals surface area (Å²) in [5, 5.41) is 0.163. The minimum absolute atomic E-state index is 0.00854. The number of unbranched alkanes of at least 4 members (excludes halogenated alkanes) is 2. The highest BCUT2D eigenvalue weighted by Gasteiger charge is 2.39. The smallest absolute Gasteiger partial charge is 0.338 e. The fourth-order valence-corrected chi connectivity index (χ4v) is 4.39. The van der Waals surface area contributed by atoms with E-state index in [4.69, 9.17) is 13.6 Å².